The Balaban J connectivity index is 0.000000695. The predicted molar refractivity (Wildman–Crippen MR) is 124 cm³/mol. The van der Waals surface area contributed by atoms with Crippen molar-refractivity contribution in [1.82, 2.24) is 4.31 Å². The average Bonchev–Trinajstić information content (AvgIpc) is 2.88. The van der Waals surface area contributed by atoms with Crippen molar-refractivity contribution in [3.8, 4) is 16.9 Å². The van der Waals surface area contributed by atoms with Gasteiger partial charge < -0.3 is 0 Å². The van der Waals surface area contributed by atoms with Gasteiger partial charge in [-0.05, 0) is 30.3 Å². The minimum absolute atomic E-state index is 0.0780. The van der Waals surface area contributed by atoms with E-state index < -0.39 is 20.3 Å². The van der Waals surface area contributed by atoms with Crippen LogP contribution >= 0.6 is 0 Å². The predicted octanol–water partition coefficient (Wildman–Crippen LogP) is -0.644. The molecule has 0 unspecified atom stereocenters. The Hall–Kier alpha value is -3.48. The van der Waals surface area contributed by atoms with Gasteiger partial charge in [0.1, 0.15) is 0 Å². The second-order valence-electron chi connectivity index (χ2n) is 7.89. The maximum Gasteiger partial charge on any atom is 0.242 e. The molecule has 0 saturated heterocycles. The number of carbonyl (C=O) groups is 1. The van der Waals surface area contributed by atoms with Crippen LogP contribution in [0, 0.1) is 10.2 Å². The van der Waals surface area contributed by atoms with Crippen molar-refractivity contribution in [2.45, 2.75) is 4.90 Å². The number of ketones is 1. The monoisotopic (exact) mass is 542 g/mol. The number of carbonyl (C=O) groups excluding carboxylic acids is 1. The zero-order chi connectivity index (χ0) is 27.2. The van der Waals surface area contributed by atoms with Crippen molar-refractivity contribution in [2.75, 3.05) is 14.1 Å². The van der Waals surface area contributed by atoms with E-state index in [4.69, 9.17) is 18.6 Å². The Bertz CT molecular complexity index is 1450. The van der Waals surface area contributed by atoms with Crippen molar-refractivity contribution in [1.29, 1.82) is 0 Å². The third-order valence-electron chi connectivity index (χ3n) is 5.21. The molecule has 1 aromatic heterocycles. The number of nitrogens with zero attached hydrogens (tertiary/aromatic N) is 2. The van der Waals surface area contributed by atoms with Gasteiger partial charge in [-0.25, -0.2) is 31.4 Å². The maximum absolute atomic E-state index is 13.0. The number of rotatable bonds is 6. The van der Waals surface area contributed by atoms with Gasteiger partial charge in [-0.2, -0.15) is 4.57 Å². The third-order valence-corrected chi connectivity index (χ3v) is 7.04. The fourth-order valence-electron chi connectivity index (χ4n) is 3.44. The Labute approximate surface area is 216 Å². The van der Waals surface area contributed by atoms with Crippen LogP contribution in [-0.2, 0) is 10.0 Å². The maximum atomic E-state index is 13.0. The standard InChI is InChI=1S/C26H23N2O3S.ClHO4/c1-27(2)32(30,31)24-16-14-23(15-17-24)28-19-22(26(29)21-11-7-4-8-12-21)13-18-25(28)20-9-5-3-6-10-20;2-1(3,4)5/h3-19H,1-2H3;(H,2,3,4,5)/q+1;/p-1. The van der Waals surface area contributed by atoms with Crippen LogP contribution < -0.4 is 23.2 Å². The summed E-state index contributed by atoms with van der Waals surface area (Å²) in [6.45, 7) is 0. The number of aromatic nitrogens is 1. The molecule has 0 N–H and O–H groups in total. The molecule has 4 aromatic rings. The highest BCUT2D eigenvalue weighted by atomic mass is 35.7. The normalized spacial score (nSPS) is 11.5. The van der Waals surface area contributed by atoms with Gasteiger partial charge in [0.2, 0.25) is 21.4 Å². The number of hydrogen-bond donors (Lipinski definition) is 0. The minimum atomic E-state index is -4.94. The lowest BCUT2D eigenvalue weighted by molar-refractivity contribution is -2.00. The summed E-state index contributed by atoms with van der Waals surface area (Å²) in [5.41, 5.74) is 3.78. The molecule has 1 heterocycles. The van der Waals surface area contributed by atoms with Crippen LogP contribution in [0.4, 0.5) is 0 Å². The highest BCUT2D eigenvalue weighted by Gasteiger charge is 2.22. The topological polar surface area (TPSA) is 151 Å². The number of pyridine rings is 1. The molecule has 0 aliphatic rings. The molecule has 0 saturated carbocycles. The lowest BCUT2D eigenvalue weighted by atomic mass is 10.0. The molecule has 0 radical (unpaired) electrons. The Morgan fingerprint density at radius 2 is 1.24 bits per heavy atom. The number of halogens is 1. The van der Waals surface area contributed by atoms with Crippen molar-refractivity contribution in [3.63, 3.8) is 0 Å². The molecule has 11 heteroatoms. The molecular weight excluding hydrogens is 520 g/mol. The van der Waals surface area contributed by atoms with E-state index in [-0.39, 0.29) is 10.7 Å². The van der Waals surface area contributed by atoms with E-state index in [1.54, 1.807) is 42.6 Å². The lowest BCUT2D eigenvalue weighted by Crippen LogP contribution is -2.68. The molecular formula is C26H23ClN2O7S. The molecule has 0 atom stereocenters. The zero-order valence-corrected chi connectivity index (χ0v) is 21.4. The average molecular weight is 543 g/mol. The fraction of sp³-hybridized carbons (Fsp3) is 0.0769. The highest BCUT2D eigenvalue weighted by Crippen LogP contribution is 2.20. The summed E-state index contributed by atoms with van der Waals surface area (Å²) < 4.78 is 62.0. The van der Waals surface area contributed by atoms with Gasteiger partial charge in [-0.3, -0.25) is 4.79 Å². The number of sulfonamides is 1. The van der Waals surface area contributed by atoms with Gasteiger partial charge in [0, 0.05) is 43.4 Å². The zero-order valence-electron chi connectivity index (χ0n) is 19.9. The van der Waals surface area contributed by atoms with E-state index in [1.807, 2.05) is 65.2 Å². The highest BCUT2D eigenvalue weighted by molar-refractivity contribution is 7.89. The quantitative estimate of drug-likeness (QED) is 0.232. The Morgan fingerprint density at radius 3 is 1.76 bits per heavy atom. The van der Waals surface area contributed by atoms with Crippen LogP contribution in [-0.4, -0.2) is 32.6 Å². The summed E-state index contributed by atoms with van der Waals surface area (Å²) in [5.74, 6) is -0.0780. The Morgan fingerprint density at radius 1 is 0.730 bits per heavy atom. The van der Waals surface area contributed by atoms with Gasteiger partial charge in [-0.1, -0.05) is 48.5 Å². The van der Waals surface area contributed by atoms with Crippen molar-refractivity contribution in [3.05, 3.63) is 114 Å². The molecule has 0 amide bonds. The van der Waals surface area contributed by atoms with Crippen molar-refractivity contribution >= 4 is 15.8 Å². The Kier molecular flexibility index (Phi) is 8.89. The third kappa shape index (κ3) is 7.51. The molecule has 192 valence electrons. The molecule has 0 aliphatic heterocycles. The molecule has 9 nitrogen and oxygen atoms in total. The van der Waals surface area contributed by atoms with Crippen LogP contribution in [0.5, 0.6) is 0 Å². The molecule has 4 rings (SSSR count). The fourth-order valence-corrected chi connectivity index (χ4v) is 4.34. The van der Waals surface area contributed by atoms with E-state index >= 15 is 0 Å². The smallest absolute Gasteiger partial charge is 0.242 e. The molecule has 0 aliphatic carbocycles. The molecule has 0 fully saturated rings. The second-order valence-corrected chi connectivity index (χ2v) is 10.8. The molecule has 0 bridgehead atoms. The van der Waals surface area contributed by atoms with Crippen molar-refractivity contribution in [2.24, 2.45) is 0 Å². The lowest BCUT2D eigenvalue weighted by Gasteiger charge is -2.17. The first kappa shape index (κ1) is 28.1. The van der Waals surface area contributed by atoms with E-state index in [0.717, 1.165) is 16.9 Å². The summed E-state index contributed by atoms with van der Waals surface area (Å²) in [5, 5.41) is 0. The van der Waals surface area contributed by atoms with Crippen molar-refractivity contribution < 1.29 is 46.7 Å². The van der Waals surface area contributed by atoms with Gasteiger partial charge in [-0.15, -0.1) is 10.2 Å². The molecule has 0 spiro atoms. The van der Waals surface area contributed by atoms with Crippen LogP contribution in [0.25, 0.3) is 16.9 Å². The summed E-state index contributed by atoms with van der Waals surface area (Å²) >= 11 is 0. The van der Waals surface area contributed by atoms with E-state index in [0.29, 0.717) is 11.1 Å². The van der Waals surface area contributed by atoms with Crippen LogP contribution in [0.1, 0.15) is 15.9 Å². The van der Waals surface area contributed by atoms with Gasteiger partial charge in [0.05, 0.1) is 10.5 Å². The van der Waals surface area contributed by atoms with Crippen LogP contribution in [0.2, 0.25) is 0 Å². The van der Waals surface area contributed by atoms with Gasteiger partial charge >= 0.3 is 0 Å². The van der Waals surface area contributed by atoms with E-state index in [1.165, 1.54) is 18.4 Å². The largest absolute Gasteiger partial charge is 0.288 e. The number of hydrogen-bond acceptors (Lipinski definition) is 7. The summed E-state index contributed by atoms with van der Waals surface area (Å²) in [6, 6.07) is 29.4. The summed E-state index contributed by atoms with van der Waals surface area (Å²) in [6.07, 6.45) is 1.80. The van der Waals surface area contributed by atoms with Gasteiger partial charge in [0.15, 0.2) is 12.0 Å². The van der Waals surface area contributed by atoms with Crippen LogP contribution in [0.3, 0.4) is 0 Å². The first-order valence-electron chi connectivity index (χ1n) is 10.7. The first-order valence-corrected chi connectivity index (χ1v) is 13.4. The SMILES string of the molecule is CN(C)S(=O)(=O)c1ccc(-[n+]2cc(C(=O)c3ccccc3)ccc2-c2ccccc2)cc1.[O-][Cl+3]([O-])([O-])[O-]. The molecule has 37 heavy (non-hydrogen) atoms. The second kappa shape index (κ2) is 11.7. The van der Waals surface area contributed by atoms with Gasteiger partial charge in [0.25, 0.3) is 0 Å². The summed E-state index contributed by atoms with van der Waals surface area (Å²) in [7, 11) is -5.46. The summed E-state index contributed by atoms with van der Waals surface area (Å²) in [4.78, 5) is 13.3. The van der Waals surface area contributed by atoms with Crippen LogP contribution in [0.15, 0.2) is 108 Å². The minimum Gasteiger partial charge on any atom is -0.288 e. The number of benzene rings is 3. The van der Waals surface area contributed by atoms with E-state index in [2.05, 4.69) is 0 Å². The van der Waals surface area contributed by atoms with E-state index in [9.17, 15) is 13.2 Å². The molecule has 3 aromatic carbocycles. The first-order chi connectivity index (χ1) is 17.4.